The summed E-state index contributed by atoms with van der Waals surface area (Å²) >= 11 is 6.04. The van der Waals surface area contributed by atoms with E-state index in [1.807, 2.05) is 0 Å². The molecule has 0 atom stereocenters. The summed E-state index contributed by atoms with van der Waals surface area (Å²) in [5.41, 5.74) is 2.65. The Balaban J connectivity index is 2.01. The standard InChI is InChI=1S/C20H13ClF5N3O/c21-11-2-1-3-12(22)17(11)16-10(19(27)30)6-7-13(18(16)23)29-14(9-4-5-9)8-15(28-29)20(24,25)26/h1-3,6-9H,4-5H2,(H2,27,30). The van der Waals surface area contributed by atoms with E-state index >= 15 is 4.39 Å². The molecule has 2 aromatic carbocycles. The fourth-order valence-corrected chi connectivity index (χ4v) is 3.57. The lowest BCUT2D eigenvalue weighted by Gasteiger charge is -2.15. The normalized spacial score (nSPS) is 14.2. The number of primary amides is 1. The van der Waals surface area contributed by atoms with Crippen molar-refractivity contribution in [2.24, 2.45) is 5.73 Å². The van der Waals surface area contributed by atoms with E-state index in [1.54, 1.807) is 0 Å². The molecule has 1 amide bonds. The molecule has 1 aliphatic rings. The number of nitrogens with zero attached hydrogens (tertiary/aromatic N) is 2. The largest absolute Gasteiger partial charge is 0.435 e. The predicted molar refractivity (Wildman–Crippen MR) is 99.4 cm³/mol. The zero-order valence-electron chi connectivity index (χ0n) is 15.1. The van der Waals surface area contributed by atoms with Crippen molar-refractivity contribution in [2.75, 3.05) is 0 Å². The summed E-state index contributed by atoms with van der Waals surface area (Å²) in [6.45, 7) is 0. The van der Waals surface area contributed by atoms with Crippen molar-refractivity contribution >= 4 is 17.5 Å². The van der Waals surface area contributed by atoms with Crippen LogP contribution in [0.15, 0.2) is 36.4 Å². The van der Waals surface area contributed by atoms with Crippen molar-refractivity contribution in [3.05, 3.63) is 70.0 Å². The van der Waals surface area contributed by atoms with Gasteiger partial charge >= 0.3 is 6.18 Å². The average molecular weight is 442 g/mol. The molecular formula is C20H13ClF5N3O. The Bertz CT molecular complexity index is 1150. The van der Waals surface area contributed by atoms with Crippen molar-refractivity contribution < 1.29 is 26.7 Å². The van der Waals surface area contributed by atoms with Gasteiger partial charge in [0.15, 0.2) is 11.5 Å². The van der Waals surface area contributed by atoms with Gasteiger partial charge in [0, 0.05) is 22.7 Å². The average Bonchev–Trinajstić information content (AvgIpc) is 3.39. The Labute approximate surface area is 172 Å². The summed E-state index contributed by atoms with van der Waals surface area (Å²) in [4.78, 5) is 11.9. The van der Waals surface area contributed by atoms with Gasteiger partial charge in [0.2, 0.25) is 5.91 Å². The Morgan fingerprint density at radius 3 is 2.40 bits per heavy atom. The van der Waals surface area contributed by atoms with Crippen LogP contribution in [0.3, 0.4) is 0 Å². The first-order chi connectivity index (χ1) is 14.1. The second-order valence-electron chi connectivity index (χ2n) is 6.92. The van der Waals surface area contributed by atoms with Gasteiger partial charge in [0.05, 0.1) is 10.6 Å². The van der Waals surface area contributed by atoms with Crippen molar-refractivity contribution in [2.45, 2.75) is 24.9 Å². The quantitative estimate of drug-likeness (QED) is 0.546. The molecule has 0 radical (unpaired) electrons. The molecule has 1 saturated carbocycles. The molecule has 2 N–H and O–H groups in total. The predicted octanol–water partition coefficient (Wildman–Crippen LogP) is 5.47. The molecule has 4 rings (SSSR count). The third kappa shape index (κ3) is 3.43. The molecule has 156 valence electrons. The third-order valence-corrected chi connectivity index (χ3v) is 5.17. The van der Waals surface area contributed by atoms with E-state index in [4.69, 9.17) is 17.3 Å². The van der Waals surface area contributed by atoms with Crippen LogP contribution in [0.2, 0.25) is 5.02 Å². The summed E-state index contributed by atoms with van der Waals surface area (Å²) < 4.78 is 70.6. The summed E-state index contributed by atoms with van der Waals surface area (Å²) in [6.07, 6.45) is -3.46. The van der Waals surface area contributed by atoms with Crippen LogP contribution in [-0.2, 0) is 6.18 Å². The third-order valence-electron chi connectivity index (χ3n) is 4.85. The highest BCUT2D eigenvalue weighted by atomic mass is 35.5. The molecule has 1 heterocycles. The molecule has 3 aromatic rings. The molecule has 10 heteroatoms. The van der Waals surface area contributed by atoms with E-state index in [0.717, 1.165) is 28.9 Å². The molecule has 4 nitrogen and oxygen atoms in total. The molecular weight excluding hydrogens is 429 g/mol. The van der Waals surface area contributed by atoms with Gasteiger partial charge in [-0.05, 0) is 43.2 Å². The monoisotopic (exact) mass is 441 g/mol. The number of rotatable bonds is 4. The summed E-state index contributed by atoms with van der Waals surface area (Å²) in [5, 5.41) is 3.35. The van der Waals surface area contributed by atoms with Crippen molar-refractivity contribution in [1.29, 1.82) is 0 Å². The van der Waals surface area contributed by atoms with Gasteiger partial charge < -0.3 is 5.73 Å². The van der Waals surface area contributed by atoms with E-state index in [2.05, 4.69) is 5.10 Å². The maximum atomic E-state index is 15.6. The highest BCUT2D eigenvalue weighted by Crippen LogP contribution is 2.44. The summed E-state index contributed by atoms with van der Waals surface area (Å²) in [6, 6.07) is 6.68. The van der Waals surface area contributed by atoms with Crippen molar-refractivity contribution in [3.63, 3.8) is 0 Å². The topological polar surface area (TPSA) is 60.9 Å². The number of halogens is 6. The van der Waals surface area contributed by atoms with Gasteiger partial charge in [0.1, 0.15) is 11.5 Å². The van der Waals surface area contributed by atoms with Gasteiger partial charge in [-0.2, -0.15) is 18.3 Å². The Morgan fingerprint density at radius 2 is 1.83 bits per heavy atom. The summed E-state index contributed by atoms with van der Waals surface area (Å²) in [7, 11) is 0. The van der Waals surface area contributed by atoms with Crippen molar-refractivity contribution in [1.82, 2.24) is 9.78 Å². The number of amides is 1. The van der Waals surface area contributed by atoms with Crippen LogP contribution in [0.4, 0.5) is 22.0 Å². The second-order valence-corrected chi connectivity index (χ2v) is 7.33. The van der Waals surface area contributed by atoms with Crippen molar-refractivity contribution in [3.8, 4) is 16.8 Å². The SMILES string of the molecule is NC(=O)c1ccc(-n2nc(C(F)(F)F)cc2C2CC2)c(F)c1-c1c(F)cccc1Cl. The van der Waals surface area contributed by atoms with Crippen LogP contribution in [0.25, 0.3) is 16.8 Å². The first-order valence-electron chi connectivity index (χ1n) is 8.83. The van der Waals surface area contributed by atoms with E-state index in [-0.39, 0.29) is 27.9 Å². The van der Waals surface area contributed by atoms with Crippen LogP contribution < -0.4 is 5.73 Å². The highest BCUT2D eigenvalue weighted by Gasteiger charge is 2.38. The maximum absolute atomic E-state index is 15.6. The van der Waals surface area contributed by atoms with Crippen LogP contribution >= 0.6 is 11.6 Å². The lowest BCUT2D eigenvalue weighted by Crippen LogP contribution is -2.16. The second kappa shape index (κ2) is 7.09. The first-order valence-corrected chi connectivity index (χ1v) is 9.21. The van der Waals surface area contributed by atoms with E-state index in [9.17, 15) is 22.4 Å². The maximum Gasteiger partial charge on any atom is 0.435 e. The minimum Gasteiger partial charge on any atom is -0.366 e. The molecule has 0 unspecified atom stereocenters. The fourth-order valence-electron chi connectivity index (χ4n) is 3.31. The zero-order chi connectivity index (χ0) is 21.8. The van der Waals surface area contributed by atoms with E-state index in [1.165, 1.54) is 12.1 Å². The number of alkyl halides is 3. The van der Waals surface area contributed by atoms with E-state index in [0.29, 0.717) is 12.8 Å². The Kier molecular flexibility index (Phi) is 4.80. The number of carbonyl (C=O) groups is 1. The smallest absolute Gasteiger partial charge is 0.366 e. The number of nitrogens with two attached hydrogens (primary N) is 1. The highest BCUT2D eigenvalue weighted by molar-refractivity contribution is 6.33. The minimum atomic E-state index is -4.73. The Hall–Kier alpha value is -2.94. The molecule has 0 bridgehead atoms. The summed E-state index contributed by atoms with van der Waals surface area (Å²) in [5.74, 6) is -3.32. The van der Waals surface area contributed by atoms with Crippen LogP contribution in [0.1, 0.15) is 40.5 Å². The van der Waals surface area contributed by atoms with Crippen LogP contribution in [0, 0.1) is 11.6 Å². The van der Waals surface area contributed by atoms with Gasteiger partial charge in [-0.15, -0.1) is 0 Å². The van der Waals surface area contributed by atoms with Crippen LogP contribution in [0.5, 0.6) is 0 Å². The van der Waals surface area contributed by atoms with Crippen LogP contribution in [-0.4, -0.2) is 15.7 Å². The van der Waals surface area contributed by atoms with Gasteiger partial charge in [0.25, 0.3) is 0 Å². The molecule has 1 aliphatic carbocycles. The molecule has 0 saturated heterocycles. The number of benzene rings is 2. The number of hydrogen-bond donors (Lipinski definition) is 1. The molecule has 1 aromatic heterocycles. The van der Waals surface area contributed by atoms with E-state index < -0.39 is 40.5 Å². The molecule has 0 aliphatic heterocycles. The minimum absolute atomic E-state index is 0.179. The zero-order valence-corrected chi connectivity index (χ0v) is 15.9. The van der Waals surface area contributed by atoms with Gasteiger partial charge in [-0.25, -0.2) is 13.5 Å². The molecule has 1 fully saturated rings. The number of aromatic nitrogens is 2. The number of carbonyl (C=O) groups excluding carboxylic acids is 1. The first kappa shape index (κ1) is 20.3. The molecule has 0 spiro atoms. The lowest BCUT2D eigenvalue weighted by atomic mass is 9.97. The molecule has 30 heavy (non-hydrogen) atoms. The Morgan fingerprint density at radius 1 is 1.13 bits per heavy atom. The van der Waals surface area contributed by atoms with Gasteiger partial charge in [-0.1, -0.05) is 17.7 Å². The fraction of sp³-hybridized carbons (Fsp3) is 0.200. The number of hydrogen-bond acceptors (Lipinski definition) is 2. The lowest BCUT2D eigenvalue weighted by molar-refractivity contribution is -0.141. The van der Waals surface area contributed by atoms with Gasteiger partial charge in [-0.3, -0.25) is 4.79 Å².